The molecule has 2 unspecified atom stereocenters. The van der Waals surface area contributed by atoms with Gasteiger partial charge in [0.1, 0.15) is 12.5 Å². The molecule has 2 rings (SSSR count). The second kappa shape index (κ2) is 11.4. The van der Waals surface area contributed by atoms with Crippen LogP contribution >= 0.6 is 0 Å². The highest BCUT2D eigenvalue weighted by molar-refractivity contribution is 6.42. The molecule has 2 amide bonds. The first-order chi connectivity index (χ1) is 13.5. The van der Waals surface area contributed by atoms with Crippen LogP contribution in [0.15, 0.2) is 60.7 Å². The normalized spacial score (nSPS) is 14.0. The molecule has 0 aliphatic heterocycles. The Morgan fingerprint density at radius 3 is 1.46 bits per heavy atom. The average Bonchev–Trinajstić information content (AvgIpc) is 2.73. The third kappa shape index (κ3) is 6.92. The van der Waals surface area contributed by atoms with E-state index in [0.29, 0.717) is 24.0 Å². The Labute approximate surface area is 168 Å². The first kappa shape index (κ1) is 21.8. The van der Waals surface area contributed by atoms with E-state index in [9.17, 15) is 9.59 Å². The molecule has 0 aliphatic rings. The van der Waals surface area contributed by atoms with Crippen molar-refractivity contribution >= 4 is 21.1 Å². The van der Waals surface area contributed by atoms with Crippen LogP contribution in [0.4, 0.5) is 0 Å². The van der Waals surface area contributed by atoms with Gasteiger partial charge < -0.3 is 19.5 Å². The Morgan fingerprint density at radius 1 is 0.786 bits per heavy atom. The van der Waals surface area contributed by atoms with E-state index in [0.717, 1.165) is 0 Å². The molecule has 150 valence electrons. The number of amides is 2. The summed E-state index contributed by atoms with van der Waals surface area (Å²) in [5, 5.41) is 5.76. The Kier molecular flexibility index (Phi) is 8.87. The summed E-state index contributed by atoms with van der Waals surface area (Å²) >= 11 is 0. The number of carbonyl (C=O) groups excluding carboxylic acids is 2. The molecule has 0 bridgehead atoms. The zero-order valence-electron chi connectivity index (χ0n) is 16.6. The Bertz CT molecular complexity index is 679. The molecule has 2 aromatic rings. The fourth-order valence-corrected chi connectivity index (χ4v) is 4.11. The predicted octanol–water partition coefficient (Wildman–Crippen LogP) is 3.20. The van der Waals surface area contributed by atoms with Crippen molar-refractivity contribution in [3.8, 4) is 0 Å². The van der Waals surface area contributed by atoms with Crippen LogP contribution in [0.2, 0.25) is 6.55 Å². The van der Waals surface area contributed by atoms with E-state index in [-0.39, 0.29) is 11.8 Å². The van der Waals surface area contributed by atoms with Crippen molar-refractivity contribution in [3.05, 3.63) is 71.8 Å². The van der Waals surface area contributed by atoms with E-state index < -0.39 is 21.7 Å². The summed E-state index contributed by atoms with van der Waals surface area (Å²) in [7, 11) is -2.09. The summed E-state index contributed by atoms with van der Waals surface area (Å²) in [6, 6.07) is 18.0. The fraction of sp³-hybridized carbons (Fsp3) is 0.333. The summed E-state index contributed by atoms with van der Waals surface area (Å²) in [4.78, 5) is 24.6. The van der Waals surface area contributed by atoms with E-state index in [1.54, 1.807) is 24.3 Å². The van der Waals surface area contributed by atoms with Gasteiger partial charge in [-0.05, 0) is 43.7 Å². The predicted molar refractivity (Wildman–Crippen MR) is 111 cm³/mol. The molecule has 6 nitrogen and oxygen atoms in total. The van der Waals surface area contributed by atoms with Crippen LogP contribution in [0.25, 0.3) is 0 Å². The summed E-state index contributed by atoms with van der Waals surface area (Å²) in [6.45, 7) is 5.76. The van der Waals surface area contributed by atoms with Gasteiger partial charge in [-0.25, -0.2) is 0 Å². The second-order valence-electron chi connectivity index (χ2n) is 6.31. The summed E-state index contributed by atoms with van der Waals surface area (Å²) in [5.74, 6) is -0.365. The van der Waals surface area contributed by atoms with Crippen molar-refractivity contribution in [1.82, 2.24) is 10.6 Å². The number of hydrogen-bond donors (Lipinski definition) is 2. The lowest BCUT2D eigenvalue weighted by atomic mass is 10.2. The molecular formula is C21H28N2O4Si. The maximum absolute atomic E-state index is 12.3. The molecule has 7 heteroatoms. The molecule has 2 N–H and O–H groups in total. The molecule has 28 heavy (non-hydrogen) atoms. The van der Waals surface area contributed by atoms with Gasteiger partial charge in [0.15, 0.2) is 0 Å². The van der Waals surface area contributed by atoms with Crippen LogP contribution < -0.4 is 10.6 Å². The van der Waals surface area contributed by atoms with Crippen molar-refractivity contribution in [1.29, 1.82) is 0 Å². The van der Waals surface area contributed by atoms with Crippen molar-refractivity contribution in [2.45, 2.75) is 45.7 Å². The van der Waals surface area contributed by atoms with Crippen molar-refractivity contribution in [3.63, 3.8) is 0 Å². The lowest BCUT2D eigenvalue weighted by molar-refractivity contribution is 0.0559. The Balaban J connectivity index is 1.86. The Hall–Kier alpha value is -2.48. The molecule has 0 aromatic heterocycles. The lowest BCUT2D eigenvalue weighted by Gasteiger charge is -2.26. The molecule has 0 fully saturated rings. The van der Waals surface area contributed by atoms with E-state index in [4.69, 9.17) is 8.85 Å². The van der Waals surface area contributed by atoms with Crippen molar-refractivity contribution in [2.24, 2.45) is 0 Å². The van der Waals surface area contributed by atoms with Crippen molar-refractivity contribution in [2.75, 3.05) is 0 Å². The number of carbonyl (C=O) groups is 2. The van der Waals surface area contributed by atoms with E-state index >= 15 is 0 Å². The molecule has 0 aliphatic carbocycles. The van der Waals surface area contributed by atoms with E-state index in [1.165, 1.54) is 0 Å². The quantitative estimate of drug-likeness (QED) is 0.474. The zero-order valence-corrected chi connectivity index (χ0v) is 17.7. The van der Waals surface area contributed by atoms with Crippen LogP contribution in [0.1, 0.15) is 47.4 Å². The average molecular weight is 401 g/mol. The number of nitrogens with one attached hydrogen (secondary N) is 2. The van der Waals surface area contributed by atoms with Gasteiger partial charge in [0.2, 0.25) is 0 Å². The fourth-order valence-electron chi connectivity index (χ4n) is 2.60. The first-order valence-electron chi connectivity index (χ1n) is 9.56. The minimum absolute atomic E-state index is 0.182. The molecule has 0 spiro atoms. The van der Waals surface area contributed by atoms with Gasteiger partial charge in [0.25, 0.3) is 11.8 Å². The monoisotopic (exact) mass is 400 g/mol. The standard InChI is InChI=1S/C21H28N2O4Si/c1-4-18(22-20(24)16-12-8-6-9-13-16)26-28(3)27-19(5-2)23-21(25)17-14-10-7-11-15-17/h6-15,18-19,28H,4-5H2,1-3H3,(H,22,24)(H,23,25). The van der Waals surface area contributed by atoms with Crippen LogP contribution in [0.3, 0.4) is 0 Å². The maximum atomic E-state index is 12.3. The van der Waals surface area contributed by atoms with Crippen LogP contribution in [0, 0.1) is 0 Å². The third-order valence-electron chi connectivity index (χ3n) is 4.11. The van der Waals surface area contributed by atoms with Crippen LogP contribution in [0.5, 0.6) is 0 Å². The SMILES string of the molecule is CCC(NC(=O)c1ccccc1)O[SiH](C)OC(CC)NC(=O)c1ccccc1. The minimum atomic E-state index is -2.09. The number of hydrogen-bond acceptors (Lipinski definition) is 4. The highest BCUT2D eigenvalue weighted by atomic mass is 28.3. The van der Waals surface area contributed by atoms with Gasteiger partial charge in [-0.3, -0.25) is 9.59 Å². The smallest absolute Gasteiger partial charge is 0.321 e. The van der Waals surface area contributed by atoms with Gasteiger partial charge in [0.05, 0.1) is 0 Å². The summed E-state index contributed by atoms with van der Waals surface area (Å²) in [6.07, 6.45) is 0.368. The van der Waals surface area contributed by atoms with Gasteiger partial charge in [-0.1, -0.05) is 50.2 Å². The summed E-state index contributed by atoms with van der Waals surface area (Å²) in [5.41, 5.74) is 1.17. The molecule has 2 atom stereocenters. The second-order valence-corrected chi connectivity index (χ2v) is 7.99. The highest BCUT2D eigenvalue weighted by Gasteiger charge is 2.21. The van der Waals surface area contributed by atoms with Gasteiger partial charge in [0, 0.05) is 11.1 Å². The van der Waals surface area contributed by atoms with E-state index in [2.05, 4.69) is 10.6 Å². The van der Waals surface area contributed by atoms with Crippen LogP contribution in [-0.4, -0.2) is 33.6 Å². The maximum Gasteiger partial charge on any atom is 0.321 e. The van der Waals surface area contributed by atoms with Gasteiger partial charge in [-0.15, -0.1) is 0 Å². The highest BCUT2D eigenvalue weighted by Crippen LogP contribution is 2.07. The van der Waals surface area contributed by atoms with Crippen molar-refractivity contribution < 1.29 is 18.4 Å². The molecule has 0 radical (unpaired) electrons. The Morgan fingerprint density at radius 2 is 1.14 bits per heavy atom. The van der Waals surface area contributed by atoms with E-state index in [1.807, 2.05) is 56.8 Å². The zero-order chi connectivity index (χ0) is 20.4. The third-order valence-corrected chi connectivity index (χ3v) is 5.53. The van der Waals surface area contributed by atoms with Crippen LogP contribution in [-0.2, 0) is 8.85 Å². The minimum Gasteiger partial charge on any atom is -0.375 e. The molecule has 2 aromatic carbocycles. The molecule has 0 saturated carbocycles. The number of rotatable bonds is 10. The molecule has 0 heterocycles. The lowest BCUT2D eigenvalue weighted by Crippen LogP contribution is -2.44. The number of benzene rings is 2. The van der Waals surface area contributed by atoms with Gasteiger partial charge in [-0.2, -0.15) is 0 Å². The first-order valence-corrected chi connectivity index (χ1v) is 11.7. The largest absolute Gasteiger partial charge is 0.375 e. The molecular weight excluding hydrogens is 372 g/mol. The molecule has 0 saturated heterocycles. The topological polar surface area (TPSA) is 76.7 Å². The van der Waals surface area contributed by atoms with Gasteiger partial charge >= 0.3 is 9.28 Å². The summed E-state index contributed by atoms with van der Waals surface area (Å²) < 4.78 is 11.9.